The van der Waals surface area contributed by atoms with Gasteiger partial charge >= 0.3 is 0 Å². The first-order valence-corrected chi connectivity index (χ1v) is 5.88. The molecule has 0 amide bonds. The van der Waals surface area contributed by atoms with E-state index in [0.717, 1.165) is 24.0 Å². The molecule has 0 saturated carbocycles. The van der Waals surface area contributed by atoms with Crippen LogP contribution < -0.4 is 0 Å². The van der Waals surface area contributed by atoms with Crippen molar-refractivity contribution in [3.05, 3.63) is 28.5 Å². The summed E-state index contributed by atoms with van der Waals surface area (Å²) in [7, 11) is 0. The molecular formula is C11H17NS2. The van der Waals surface area contributed by atoms with E-state index >= 15 is 0 Å². The molecule has 1 heterocycles. The lowest BCUT2D eigenvalue weighted by molar-refractivity contribution is 0.599. The first-order valence-electron chi connectivity index (χ1n) is 4.95. The first-order chi connectivity index (χ1) is 6.61. The highest BCUT2D eigenvalue weighted by molar-refractivity contribution is 7.80. The first kappa shape index (κ1) is 11.8. The van der Waals surface area contributed by atoms with Gasteiger partial charge in [-0.2, -0.15) is 12.6 Å². The van der Waals surface area contributed by atoms with Crippen molar-refractivity contribution < 1.29 is 0 Å². The van der Waals surface area contributed by atoms with E-state index in [4.69, 9.17) is 12.2 Å². The lowest BCUT2D eigenvalue weighted by atomic mass is 10.2. The summed E-state index contributed by atoms with van der Waals surface area (Å²) in [6, 6.07) is 4.11. The third-order valence-corrected chi connectivity index (χ3v) is 3.05. The Morgan fingerprint density at radius 2 is 2.29 bits per heavy atom. The van der Waals surface area contributed by atoms with Gasteiger partial charge in [-0.05, 0) is 36.6 Å². The molecule has 0 N–H and O–H groups in total. The van der Waals surface area contributed by atoms with Gasteiger partial charge < -0.3 is 4.57 Å². The van der Waals surface area contributed by atoms with Crippen LogP contribution in [-0.4, -0.2) is 9.82 Å². The molecule has 1 unspecified atom stereocenters. The number of nitrogens with zero attached hydrogens (tertiary/aromatic N) is 1. The molecule has 3 heteroatoms. The van der Waals surface area contributed by atoms with Crippen LogP contribution in [0.2, 0.25) is 0 Å². The maximum absolute atomic E-state index is 5.32. The maximum Gasteiger partial charge on any atom is 0.108 e. The Balaban J connectivity index is 2.59. The van der Waals surface area contributed by atoms with Gasteiger partial charge in [-0.25, -0.2) is 0 Å². The van der Waals surface area contributed by atoms with Crippen LogP contribution in [0.5, 0.6) is 0 Å². The number of aryl methyl sites for hydroxylation is 2. The molecule has 1 nitrogen and oxygen atoms in total. The van der Waals surface area contributed by atoms with Crippen molar-refractivity contribution >= 4 is 24.8 Å². The maximum atomic E-state index is 5.32. The van der Waals surface area contributed by atoms with E-state index in [1.165, 1.54) is 5.56 Å². The second-order valence-electron chi connectivity index (χ2n) is 3.68. The van der Waals surface area contributed by atoms with E-state index < -0.39 is 0 Å². The van der Waals surface area contributed by atoms with Crippen LogP contribution in [0.3, 0.4) is 0 Å². The lowest BCUT2D eigenvalue weighted by Gasteiger charge is -2.09. The summed E-state index contributed by atoms with van der Waals surface area (Å²) >= 11 is 9.67. The normalized spacial score (nSPS) is 12.8. The van der Waals surface area contributed by atoms with Crippen LogP contribution in [0.15, 0.2) is 18.3 Å². The van der Waals surface area contributed by atoms with Crippen molar-refractivity contribution in [3.8, 4) is 0 Å². The average molecular weight is 227 g/mol. The van der Waals surface area contributed by atoms with Crippen molar-refractivity contribution in [2.45, 2.75) is 38.5 Å². The number of thiol groups is 1. The predicted octanol–water partition coefficient (Wildman–Crippen LogP) is 3.62. The zero-order valence-electron chi connectivity index (χ0n) is 8.73. The zero-order chi connectivity index (χ0) is 10.6. The molecule has 1 rings (SSSR count). The Morgan fingerprint density at radius 1 is 1.57 bits per heavy atom. The monoisotopic (exact) mass is 227 g/mol. The topological polar surface area (TPSA) is 4.93 Å². The number of hydrogen-bond acceptors (Lipinski definition) is 2. The van der Waals surface area contributed by atoms with Crippen LogP contribution in [0.4, 0.5) is 0 Å². The molecule has 14 heavy (non-hydrogen) atoms. The number of aromatic nitrogens is 1. The smallest absolute Gasteiger partial charge is 0.108 e. The van der Waals surface area contributed by atoms with E-state index in [2.05, 4.69) is 49.4 Å². The van der Waals surface area contributed by atoms with Gasteiger partial charge in [0.1, 0.15) is 4.64 Å². The van der Waals surface area contributed by atoms with E-state index in [1.807, 2.05) is 0 Å². The Labute approximate surface area is 96.6 Å². The number of pyridine rings is 1. The van der Waals surface area contributed by atoms with Gasteiger partial charge in [0.05, 0.1) is 0 Å². The van der Waals surface area contributed by atoms with Crippen LogP contribution in [-0.2, 0) is 6.54 Å². The van der Waals surface area contributed by atoms with Crippen molar-refractivity contribution in [1.29, 1.82) is 0 Å². The molecule has 0 saturated heterocycles. The van der Waals surface area contributed by atoms with Crippen LogP contribution in [0.25, 0.3) is 0 Å². The lowest BCUT2D eigenvalue weighted by Crippen LogP contribution is -2.03. The molecule has 78 valence electrons. The van der Waals surface area contributed by atoms with E-state index in [0.29, 0.717) is 5.25 Å². The SMILES string of the molecule is Cc1cccn(CCCC(C)S)c1=S. The molecular weight excluding hydrogens is 210 g/mol. The molecule has 0 aliphatic rings. The summed E-state index contributed by atoms with van der Waals surface area (Å²) in [6.07, 6.45) is 4.33. The Bertz CT molecular complexity index is 341. The quantitative estimate of drug-likeness (QED) is 0.608. The molecule has 0 radical (unpaired) electrons. The second-order valence-corrected chi connectivity index (χ2v) is 4.95. The second kappa shape index (κ2) is 5.56. The molecule has 1 aromatic heterocycles. The van der Waals surface area contributed by atoms with Gasteiger partial charge in [-0.3, -0.25) is 0 Å². The third-order valence-electron chi connectivity index (χ3n) is 2.23. The molecule has 1 atom stereocenters. The van der Waals surface area contributed by atoms with E-state index in [1.54, 1.807) is 0 Å². The van der Waals surface area contributed by atoms with Gasteiger partial charge in [-0.1, -0.05) is 25.2 Å². The minimum atomic E-state index is 0.481. The Kier molecular flexibility index (Phi) is 4.69. The van der Waals surface area contributed by atoms with Crippen LogP contribution >= 0.6 is 24.8 Å². The molecule has 0 aromatic carbocycles. The minimum Gasteiger partial charge on any atom is -0.339 e. The van der Waals surface area contributed by atoms with Crippen molar-refractivity contribution in [2.75, 3.05) is 0 Å². The molecule has 0 fully saturated rings. The molecule has 0 bridgehead atoms. The van der Waals surface area contributed by atoms with Crippen molar-refractivity contribution in [3.63, 3.8) is 0 Å². The predicted molar refractivity (Wildman–Crippen MR) is 67.7 cm³/mol. The largest absolute Gasteiger partial charge is 0.339 e. The van der Waals surface area contributed by atoms with Gasteiger partial charge in [-0.15, -0.1) is 0 Å². The van der Waals surface area contributed by atoms with Gasteiger partial charge in [0.15, 0.2) is 0 Å². The van der Waals surface area contributed by atoms with E-state index in [-0.39, 0.29) is 0 Å². The Hall–Kier alpha value is -0.280. The molecule has 0 aliphatic heterocycles. The molecule has 1 aromatic rings. The highest BCUT2D eigenvalue weighted by atomic mass is 32.1. The third kappa shape index (κ3) is 3.46. The minimum absolute atomic E-state index is 0.481. The summed E-state index contributed by atoms with van der Waals surface area (Å²) in [5.41, 5.74) is 1.18. The summed E-state index contributed by atoms with van der Waals surface area (Å²) in [4.78, 5) is 0. The highest BCUT2D eigenvalue weighted by Gasteiger charge is 1.97. The highest BCUT2D eigenvalue weighted by Crippen LogP contribution is 2.07. The van der Waals surface area contributed by atoms with E-state index in [9.17, 15) is 0 Å². The molecule has 0 aliphatic carbocycles. The average Bonchev–Trinajstić information content (AvgIpc) is 2.12. The summed E-state index contributed by atoms with van der Waals surface area (Å²) in [6.45, 7) is 5.18. The summed E-state index contributed by atoms with van der Waals surface area (Å²) in [5.74, 6) is 0. The Morgan fingerprint density at radius 3 is 2.93 bits per heavy atom. The summed E-state index contributed by atoms with van der Waals surface area (Å²) < 4.78 is 3.10. The fourth-order valence-corrected chi connectivity index (χ4v) is 1.79. The van der Waals surface area contributed by atoms with Crippen LogP contribution in [0.1, 0.15) is 25.3 Å². The standard InChI is InChI=1S/C11H17NS2/c1-9-5-3-7-12(11(9)14)8-4-6-10(2)13/h3,5,7,10,13H,4,6,8H2,1-2H3. The summed E-state index contributed by atoms with van der Waals surface area (Å²) in [5, 5.41) is 0.481. The van der Waals surface area contributed by atoms with Gasteiger partial charge in [0.2, 0.25) is 0 Å². The fourth-order valence-electron chi connectivity index (χ4n) is 1.39. The van der Waals surface area contributed by atoms with Crippen molar-refractivity contribution in [2.24, 2.45) is 0 Å². The fraction of sp³-hybridized carbons (Fsp3) is 0.545. The van der Waals surface area contributed by atoms with Gasteiger partial charge in [0, 0.05) is 12.7 Å². The number of hydrogen-bond donors (Lipinski definition) is 1. The van der Waals surface area contributed by atoms with Gasteiger partial charge in [0.25, 0.3) is 0 Å². The van der Waals surface area contributed by atoms with Crippen molar-refractivity contribution in [1.82, 2.24) is 4.57 Å². The molecule has 0 spiro atoms. The zero-order valence-corrected chi connectivity index (χ0v) is 10.4. The number of rotatable bonds is 4. The van der Waals surface area contributed by atoms with Crippen LogP contribution in [0, 0.1) is 11.6 Å².